The molecule has 2 heterocycles. The molecule has 3 N–H and O–H groups in total. The largest absolute Gasteiger partial charge is 0.395 e. The van der Waals surface area contributed by atoms with Crippen molar-refractivity contribution < 1.29 is 14.3 Å². The van der Waals surface area contributed by atoms with Crippen LogP contribution in [0.4, 0.5) is 15.8 Å². The number of allylic oxidation sites excluding steroid dienone is 4. The smallest absolute Gasteiger partial charge is 0.255 e. The first kappa shape index (κ1) is 23.3. The number of pyridine rings is 2. The van der Waals surface area contributed by atoms with E-state index in [1.807, 2.05) is 13.8 Å². The molecule has 0 fully saturated rings. The van der Waals surface area contributed by atoms with Gasteiger partial charge in [0.25, 0.3) is 5.91 Å². The highest BCUT2D eigenvalue weighted by Crippen LogP contribution is 2.32. The lowest BCUT2D eigenvalue weighted by Crippen LogP contribution is -2.27. The minimum absolute atomic E-state index is 0.103. The molecule has 158 valence electrons. The van der Waals surface area contributed by atoms with Gasteiger partial charge in [-0.3, -0.25) is 14.8 Å². The van der Waals surface area contributed by atoms with E-state index in [4.69, 9.17) is 16.7 Å². The Labute approximate surface area is 180 Å². The van der Waals surface area contributed by atoms with Crippen molar-refractivity contribution in [2.75, 3.05) is 18.5 Å². The molecule has 0 spiro atoms. The first-order valence-corrected chi connectivity index (χ1v) is 9.63. The Kier molecular flexibility index (Phi) is 8.26. The van der Waals surface area contributed by atoms with E-state index in [-0.39, 0.29) is 35.6 Å². The lowest BCUT2D eigenvalue weighted by atomic mass is 10.0. The zero-order valence-corrected chi connectivity index (χ0v) is 17.6. The molecule has 0 aromatic carbocycles. The van der Waals surface area contributed by atoms with Crippen LogP contribution in [0.5, 0.6) is 0 Å². The number of anilines is 2. The summed E-state index contributed by atoms with van der Waals surface area (Å²) in [5, 5.41) is 14.9. The third kappa shape index (κ3) is 5.98. The van der Waals surface area contributed by atoms with E-state index in [1.54, 1.807) is 24.5 Å². The number of hydrogen-bond donors (Lipinski definition) is 3. The molecule has 6 nitrogen and oxygen atoms in total. The van der Waals surface area contributed by atoms with E-state index < -0.39 is 5.83 Å². The molecule has 0 bridgehead atoms. The highest BCUT2D eigenvalue weighted by molar-refractivity contribution is 6.31. The maximum atomic E-state index is 14.0. The van der Waals surface area contributed by atoms with Crippen LogP contribution in [0.15, 0.2) is 60.8 Å². The summed E-state index contributed by atoms with van der Waals surface area (Å²) in [5.74, 6) is -0.969. The quantitative estimate of drug-likeness (QED) is 0.502. The molecular weight excluding hydrogens is 407 g/mol. The van der Waals surface area contributed by atoms with Gasteiger partial charge in [0.2, 0.25) is 0 Å². The maximum absolute atomic E-state index is 14.0. The van der Waals surface area contributed by atoms with Crippen molar-refractivity contribution >= 4 is 34.5 Å². The Morgan fingerprint density at radius 2 is 2.07 bits per heavy atom. The molecule has 2 aromatic rings. The van der Waals surface area contributed by atoms with Crippen LogP contribution in [0.25, 0.3) is 5.57 Å². The van der Waals surface area contributed by atoms with Crippen LogP contribution >= 0.6 is 11.6 Å². The molecule has 2 aromatic heterocycles. The standard InChI is InChI=1S/C22H24ClFN4O2/c1-13(2)17-12-27-20(16(15(4)24)9-14(3)23)10-21(17)28-19-5-6-25-11-18(19)22(30)26-7-8-29/h5-6,9-13,29H,3-4,7-8H2,1-2H3,(H,26,30)(H,25,27,28)/b16-9+. The Morgan fingerprint density at radius 1 is 1.33 bits per heavy atom. The summed E-state index contributed by atoms with van der Waals surface area (Å²) in [4.78, 5) is 20.8. The number of halogens is 2. The molecule has 0 saturated heterocycles. The fourth-order valence-electron chi connectivity index (χ4n) is 2.72. The van der Waals surface area contributed by atoms with Crippen molar-refractivity contribution in [3.8, 4) is 0 Å². The monoisotopic (exact) mass is 430 g/mol. The van der Waals surface area contributed by atoms with E-state index >= 15 is 0 Å². The van der Waals surface area contributed by atoms with Crippen molar-refractivity contribution in [1.82, 2.24) is 15.3 Å². The molecule has 0 aliphatic heterocycles. The van der Waals surface area contributed by atoms with Gasteiger partial charge in [-0.2, -0.15) is 0 Å². The summed E-state index contributed by atoms with van der Waals surface area (Å²) in [6.45, 7) is 10.8. The van der Waals surface area contributed by atoms with Crippen LogP contribution < -0.4 is 10.6 Å². The number of aliphatic hydroxyl groups is 1. The van der Waals surface area contributed by atoms with Crippen LogP contribution in [0.2, 0.25) is 0 Å². The summed E-state index contributed by atoms with van der Waals surface area (Å²) in [6, 6.07) is 3.32. The Bertz CT molecular complexity index is 989. The second kappa shape index (κ2) is 10.7. The van der Waals surface area contributed by atoms with Crippen molar-refractivity contribution in [1.29, 1.82) is 0 Å². The van der Waals surface area contributed by atoms with Gasteiger partial charge >= 0.3 is 0 Å². The fourth-order valence-corrected chi connectivity index (χ4v) is 2.83. The van der Waals surface area contributed by atoms with Crippen LogP contribution in [0.1, 0.15) is 41.4 Å². The second-order valence-corrected chi connectivity index (χ2v) is 7.23. The lowest BCUT2D eigenvalue weighted by Gasteiger charge is -2.18. The molecular formula is C22H24ClFN4O2. The molecule has 30 heavy (non-hydrogen) atoms. The molecule has 0 aliphatic carbocycles. The van der Waals surface area contributed by atoms with Gasteiger partial charge in [0.1, 0.15) is 5.83 Å². The number of amides is 1. The number of carbonyl (C=O) groups excluding carboxylic acids is 1. The molecule has 0 radical (unpaired) electrons. The topological polar surface area (TPSA) is 87.1 Å². The molecule has 1 amide bonds. The normalized spacial score (nSPS) is 11.3. The first-order chi connectivity index (χ1) is 14.2. The van der Waals surface area contributed by atoms with Crippen molar-refractivity contribution in [2.24, 2.45) is 0 Å². The lowest BCUT2D eigenvalue weighted by molar-refractivity contribution is 0.0945. The minimum atomic E-state index is -0.694. The van der Waals surface area contributed by atoms with Gasteiger partial charge in [-0.15, -0.1) is 0 Å². The van der Waals surface area contributed by atoms with Gasteiger partial charge in [-0.05, 0) is 29.7 Å². The zero-order valence-electron chi connectivity index (χ0n) is 16.9. The number of aliphatic hydroxyl groups excluding tert-OH is 1. The summed E-state index contributed by atoms with van der Waals surface area (Å²) < 4.78 is 14.0. The average molecular weight is 431 g/mol. The molecule has 2 rings (SSSR count). The van der Waals surface area contributed by atoms with Crippen LogP contribution in [-0.2, 0) is 0 Å². The third-order valence-corrected chi connectivity index (χ3v) is 4.27. The average Bonchev–Trinajstić information content (AvgIpc) is 2.70. The van der Waals surface area contributed by atoms with Crippen LogP contribution in [-0.4, -0.2) is 34.1 Å². The zero-order chi connectivity index (χ0) is 22.3. The predicted molar refractivity (Wildman–Crippen MR) is 118 cm³/mol. The van der Waals surface area contributed by atoms with Gasteiger partial charge in [-0.25, -0.2) is 4.39 Å². The molecule has 0 aliphatic rings. The van der Waals surface area contributed by atoms with Gasteiger partial charge in [0, 0.05) is 41.4 Å². The van der Waals surface area contributed by atoms with Gasteiger partial charge in [0.05, 0.1) is 23.6 Å². The Morgan fingerprint density at radius 3 is 2.67 bits per heavy atom. The molecule has 0 atom stereocenters. The van der Waals surface area contributed by atoms with Gasteiger partial charge < -0.3 is 15.7 Å². The summed E-state index contributed by atoms with van der Waals surface area (Å²) in [5.41, 5.74) is 2.75. The molecule has 8 heteroatoms. The van der Waals surface area contributed by atoms with E-state index in [0.29, 0.717) is 22.6 Å². The number of hydrogen-bond acceptors (Lipinski definition) is 5. The number of aromatic nitrogens is 2. The van der Waals surface area contributed by atoms with Crippen LogP contribution in [0.3, 0.4) is 0 Å². The Hall–Kier alpha value is -3.03. The Balaban J connectivity index is 2.53. The predicted octanol–water partition coefficient (Wildman–Crippen LogP) is 4.68. The van der Waals surface area contributed by atoms with E-state index in [2.05, 4.69) is 33.8 Å². The van der Waals surface area contributed by atoms with Crippen molar-refractivity contribution in [2.45, 2.75) is 19.8 Å². The minimum Gasteiger partial charge on any atom is -0.395 e. The van der Waals surface area contributed by atoms with Crippen LogP contribution in [0, 0.1) is 0 Å². The van der Waals surface area contributed by atoms with E-state index in [0.717, 1.165) is 5.56 Å². The summed E-state index contributed by atoms with van der Waals surface area (Å²) >= 11 is 5.82. The number of carbonyl (C=O) groups is 1. The van der Waals surface area contributed by atoms with E-state index in [9.17, 15) is 9.18 Å². The maximum Gasteiger partial charge on any atom is 0.255 e. The van der Waals surface area contributed by atoms with Crippen molar-refractivity contribution in [3.63, 3.8) is 0 Å². The molecule has 0 unspecified atom stereocenters. The highest BCUT2D eigenvalue weighted by atomic mass is 35.5. The van der Waals surface area contributed by atoms with E-state index in [1.165, 1.54) is 12.3 Å². The third-order valence-electron chi connectivity index (χ3n) is 4.16. The number of nitrogens with one attached hydrogen (secondary N) is 2. The van der Waals surface area contributed by atoms with Gasteiger partial charge in [0.15, 0.2) is 0 Å². The van der Waals surface area contributed by atoms with Gasteiger partial charge in [-0.1, -0.05) is 38.6 Å². The summed E-state index contributed by atoms with van der Waals surface area (Å²) in [6.07, 6.45) is 5.97. The fraction of sp³-hybridized carbons (Fsp3) is 0.227. The highest BCUT2D eigenvalue weighted by Gasteiger charge is 2.17. The second-order valence-electron chi connectivity index (χ2n) is 6.75. The SMILES string of the molecule is C=C(Cl)/C=C(\C(=C)F)c1cc(Nc2ccncc2C(=O)NCCO)c(C(C)C)cn1. The first-order valence-electron chi connectivity index (χ1n) is 9.25. The summed E-state index contributed by atoms with van der Waals surface area (Å²) in [7, 11) is 0. The molecule has 0 saturated carbocycles. The van der Waals surface area contributed by atoms with Crippen molar-refractivity contribution in [3.05, 3.63) is 77.6 Å². The number of nitrogens with zero attached hydrogens (tertiary/aromatic N) is 2. The number of rotatable bonds is 9.